The van der Waals surface area contributed by atoms with Crippen LogP contribution in [-0.4, -0.2) is 37.6 Å². The third-order valence-corrected chi connectivity index (χ3v) is 2.78. The molecule has 0 aliphatic carbocycles. The number of ether oxygens (including phenoxy) is 2. The van der Waals surface area contributed by atoms with E-state index in [9.17, 15) is 9.90 Å². The average Bonchev–Trinajstić information content (AvgIpc) is 2.30. The molecule has 0 saturated carbocycles. The van der Waals surface area contributed by atoms with Crippen molar-refractivity contribution in [2.45, 2.75) is 19.6 Å². The van der Waals surface area contributed by atoms with E-state index < -0.39 is 6.29 Å². The molecule has 0 aromatic heterocycles. The number of esters is 1. The maximum Gasteiger partial charge on any atom is 0.310 e. The van der Waals surface area contributed by atoms with Gasteiger partial charge in [-0.25, -0.2) is 0 Å². The molecule has 1 aromatic rings. The van der Waals surface area contributed by atoms with Crippen molar-refractivity contribution in [1.82, 2.24) is 0 Å². The van der Waals surface area contributed by atoms with Gasteiger partial charge in [0.2, 0.25) is 6.29 Å². The molecule has 0 bridgehead atoms. The van der Waals surface area contributed by atoms with E-state index in [1.54, 1.807) is 13.0 Å². The fraction of sp³-hybridized carbons (Fsp3) is 0.462. The summed E-state index contributed by atoms with van der Waals surface area (Å²) >= 11 is 0. The number of aliphatic hydroxyl groups excluding tert-OH is 1. The number of carbonyl (C=O) groups is 1. The molecule has 1 N–H and O–H groups in total. The van der Waals surface area contributed by atoms with Crippen molar-refractivity contribution < 1.29 is 19.4 Å². The minimum Gasteiger partial charge on any atom is -0.466 e. The monoisotopic (exact) mass is 251 g/mol. The third kappa shape index (κ3) is 2.73. The molecule has 5 heteroatoms. The van der Waals surface area contributed by atoms with Gasteiger partial charge in [0.15, 0.2) is 0 Å². The standard InChI is InChI=1S/C13H17NO4/c1-3-17-12(15)7-9-4-5-11-10(6-9)14(2)8-13(16)18-11/h4-6,13,16H,3,7-8H2,1-2H3. The minimum atomic E-state index is -0.807. The largest absolute Gasteiger partial charge is 0.466 e. The van der Waals surface area contributed by atoms with E-state index in [4.69, 9.17) is 9.47 Å². The maximum atomic E-state index is 11.4. The van der Waals surface area contributed by atoms with E-state index >= 15 is 0 Å². The van der Waals surface area contributed by atoms with Crippen molar-refractivity contribution >= 4 is 11.7 Å². The number of hydrogen-bond acceptors (Lipinski definition) is 5. The van der Waals surface area contributed by atoms with Gasteiger partial charge in [0.1, 0.15) is 5.75 Å². The first-order chi connectivity index (χ1) is 8.60. The van der Waals surface area contributed by atoms with Crippen LogP contribution in [0.4, 0.5) is 5.69 Å². The van der Waals surface area contributed by atoms with E-state index in [2.05, 4.69) is 0 Å². The van der Waals surface area contributed by atoms with E-state index in [0.717, 1.165) is 11.3 Å². The first-order valence-corrected chi connectivity index (χ1v) is 5.94. The molecule has 18 heavy (non-hydrogen) atoms. The van der Waals surface area contributed by atoms with Crippen LogP contribution in [0.2, 0.25) is 0 Å². The Morgan fingerprint density at radius 2 is 2.39 bits per heavy atom. The summed E-state index contributed by atoms with van der Waals surface area (Å²) < 4.78 is 10.2. The lowest BCUT2D eigenvalue weighted by Gasteiger charge is -2.31. The lowest BCUT2D eigenvalue weighted by Crippen LogP contribution is -2.37. The number of aliphatic hydroxyl groups is 1. The molecule has 1 heterocycles. The molecule has 1 unspecified atom stereocenters. The number of fused-ring (bicyclic) bond motifs is 1. The van der Waals surface area contributed by atoms with Gasteiger partial charge in [-0.3, -0.25) is 4.79 Å². The summed E-state index contributed by atoms with van der Waals surface area (Å²) in [5.74, 6) is 0.390. The van der Waals surface area contributed by atoms with Gasteiger partial charge in [-0.05, 0) is 24.6 Å². The van der Waals surface area contributed by atoms with Gasteiger partial charge in [-0.15, -0.1) is 0 Å². The van der Waals surface area contributed by atoms with Crippen LogP contribution in [0.25, 0.3) is 0 Å². The first-order valence-electron chi connectivity index (χ1n) is 5.94. The van der Waals surface area contributed by atoms with E-state index in [-0.39, 0.29) is 12.4 Å². The second-order valence-electron chi connectivity index (χ2n) is 4.24. The summed E-state index contributed by atoms with van der Waals surface area (Å²) in [5, 5.41) is 9.47. The second-order valence-corrected chi connectivity index (χ2v) is 4.24. The van der Waals surface area contributed by atoms with Gasteiger partial charge >= 0.3 is 5.97 Å². The van der Waals surface area contributed by atoms with Crippen LogP contribution in [-0.2, 0) is 16.0 Å². The number of benzene rings is 1. The van der Waals surface area contributed by atoms with Crippen molar-refractivity contribution in [3.8, 4) is 5.75 Å². The normalized spacial score (nSPS) is 17.9. The predicted molar refractivity (Wildman–Crippen MR) is 66.7 cm³/mol. The van der Waals surface area contributed by atoms with Gasteiger partial charge in [0.05, 0.1) is 25.3 Å². The summed E-state index contributed by atoms with van der Waals surface area (Å²) in [6.45, 7) is 2.59. The highest BCUT2D eigenvalue weighted by molar-refractivity contribution is 5.74. The van der Waals surface area contributed by atoms with E-state index in [1.807, 2.05) is 24.1 Å². The molecule has 1 aliphatic heterocycles. The third-order valence-electron chi connectivity index (χ3n) is 2.78. The SMILES string of the molecule is CCOC(=O)Cc1ccc2c(c1)N(C)CC(O)O2. The molecular formula is C13H17NO4. The zero-order valence-corrected chi connectivity index (χ0v) is 10.5. The molecule has 0 radical (unpaired) electrons. The Morgan fingerprint density at radius 3 is 3.11 bits per heavy atom. The van der Waals surface area contributed by atoms with Crippen molar-refractivity contribution in [3.05, 3.63) is 23.8 Å². The highest BCUT2D eigenvalue weighted by atomic mass is 16.6. The minimum absolute atomic E-state index is 0.239. The van der Waals surface area contributed by atoms with Crippen LogP contribution in [0.5, 0.6) is 5.75 Å². The fourth-order valence-electron chi connectivity index (χ4n) is 1.97. The number of β-amino-alcohol motifs (C(OH)–C–C–N with tert-alkyl or cyclic N) is 1. The van der Waals surface area contributed by atoms with Crippen LogP contribution >= 0.6 is 0 Å². The number of nitrogens with zero attached hydrogens (tertiary/aromatic N) is 1. The van der Waals surface area contributed by atoms with Crippen LogP contribution in [0.15, 0.2) is 18.2 Å². The van der Waals surface area contributed by atoms with Crippen LogP contribution in [0.1, 0.15) is 12.5 Å². The van der Waals surface area contributed by atoms with Crippen molar-refractivity contribution in [2.24, 2.45) is 0 Å². The molecule has 98 valence electrons. The fourth-order valence-corrected chi connectivity index (χ4v) is 1.97. The lowest BCUT2D eigenvalue weighted by atomic mass is 10.1. The Morgan fingerprint density at radius 1 is 1.61 bits per heavy atom. The quantitative estimate of drug-likeness (QED) is 0.810. The highest BCUT2D eigenvalue weighted by Crippen LogP contribution is 2.33. The first kappa shape index (κ1) is 12.7. The Labute approximate surface area is 106 Å². The number of rotatable bonds is 3. The summed E-state index contributed by atoms with van der Waals surface area (Å²) in [7, 11) is 1.87. The van der Waals surface area contributed by atoms with Crippen molar-refractivity contribution in [3.63, 3.8) is 0 Å². The van der Waals surface area contributed by atoms with Gasteiger partial charge in [-0.1, -0.05) is 6.07 Å². The zero-order valence-electron chi connectivity index (χ0n) is 10.5. The average molecular weight is 251 g/mol. The molecule has 0 saturated heterocycles. The highest BCUT2D eigenvalue weighted by Gasteiger charge is 2.21. The summed E-state index contributed by atoms with van der Waals surface area (Å²) in [6.07, 6.45) is -0.559. The van der Waals surface area contributed by atoms with Crippen molar-refractivity contribution in [2.75, 3.05) is 25.1 Å². The van der Waals surface area contributed by atoms with Gasteiger partial charge < -0.3 is 19.5 Å². The Balaban J connectivity index is 2.16. The Bertz CT molecular complexity index is 447. The number of carbonyl (C=O) groups excluding carboxylic acids is 1. The topological polar surface area (TPSA) is 59.0 Å². The molecule has 0 spiro atoms. The number of hydrogen-bond donors (Lipinski definition) is 1. The molecule has 1 aromatic carbocycles. The van der Waals surface area contributed by atoms with Crippen LogP contribution in [0, 0.1) is 0 Å². The summed E-state index contributed by atoms with van der Waals surface area (Å²) in [5.41, 5.74) is 1.75. The molecule has 0 amide bonds. The van der Waals surface area contributed by atoms with Gasteiger partial charge in [-0.2, -0.15) is 0 Å². The smallest absolute Gasteiger partial charge is 0.310 e. The second kappa shape index (κ2) is 5.27. The lowest BCUT2D eigenvalue weighted by molar-refractivity contribution is -0.142. The molecule has 2 rings (SSSR count). The van der Waals surface area contributed by atoms with Gasteiger partial charge in [0, 0.05) is 7.05 Å². The Kier molecular flexibility index (Phi) is 3.72. The molecule has 0 fully saturated rings. The van der Waals surface area contributed by atoms with E-state index in [1.165, 1.54) is 0 Å². The summed E-state index contributed by atoms with van der Waals surface area (Å²) in [4.78, 5) is 13.3. The summed E-state index contributed by atoms with van der Waals surface area (Å²) in [6, 6.07) is 5.46. The molecular weight excluding hydrogens is 234 g/mol. The molecule has 1 aliphatic rings. The van der Waals surface area contributed by atoms with Crippen molar-refractivity contribution in [1.29, 1.82) is 0 Å². The van der Waals surface area contributed by atoms with Crippen LogP contribution < -0.4 is 9.64 Å². The zero-order chi connectivity index (χ0) is 13.1. The predicted octanol–water partition coefficient (Wildman–Crippen LogP) is 0.939. The number of likely N-dealkylation sites (N-methyl/N-ethyl adjacent to an activating group) is 1. The van der Waals surface area contributed by atoms with E-state index in [0.29, 0.717) is 18.9 Å². The van der Waals surface area contributed by atoms with Crippen LogP contribution in [0.3, 0.4) is 0 Å². The molecule has 1 atom stereocenters. The molecule has 5 nitrogen and oxygen atoms in total. The number of anilines is 1. The van der Waals surface area contributed by atoms with Gasteiger partial charge in [0.25, 0.3) is 0 Å². The maximum absolute atomic E-state index is 11.4. The Hall–Kier alpha value is -1.75.